The Morgan fingerprint density at radius 1 is 0.383 bits per heavy atom. The number of hydrogen-bond acceptors (Lipinski definition) is 13. The van der Waals surface area contributed by atoms with E-state index >= 15 is 0 Å². The number of rotatable bonds is 20. The van der Waals surface area contributed by atoms with Gasteiger partial charge in [0.15, 0.2) is 11.1 Å². The maximum absolute atomic E-state index is 9.44. The van der Waals surface area contributed by atoms with E-state index < -0.39 is 43.5 Å². The first kappa shape index (κ1) is 92.6. The Kier molecular flexibility index (Phi) is 117. The summed E-state index contributed by atoms with van der Waals surface area (Å²) in [5.41, 5.74) is 0. The van der Waals surface area contributed by atoms with Crippen molar-refractivity contribution in [1.29, 1.82) is 0 Å². The van der Waals surface area contributed by atoms with E-state index in [9.17, 15) is 14.4 Å². The zero-order valence-corrected chi connectivity index (χ0v) is 44.8. The fourth-order valence-electron chi connectivity index (χ4n) is 2.73. The first-order valence-electron chi connectivity index (χ1n) is 17.5. The van der Waals surface area contributed by atoms with Crippen LogP contribution in [-0.4, -0.2) is 214 Å². The molecule has 0 rings (SSSR count). The van der Waals surface area contributed by atoms with Gasteiger partial charge >= 0.3 is 86.2 Å². The second kappa shape index (κ2) is 75.7. The van der Waals surface area contributed by atoms with Crippen molar-refractivity contribution in [2.24, 2.45) is 0 Å². The Morgan fingerprint density at radius 2 is 0.483 bits per heavy atom. The maximum Gasteiger partial charge on any atom is 1.00 e. The Labute approximate surface area is 441 Å². The molecule has 0 aromatic carbocycles. The van der Waals surface area contributed by atoms with E-state index in [1.165, 1.54) is 0 Å². The first-order chi connectivity index (χ1) is 26.0. The predicted molar refractivity (Wildman–Crippen MR) is 233 cm³/mol. The number of carboxylic acid groups (broad SMARTS) is 3. The number of halogens is 8. The van der Waals surface area contributed by atoms with E-state index in [0.717, 1.165) is 78.5 Å². The molecule has 0 aliphatic rings. The van der Waals surface area contributed by atoms with Crippen LogP contribution in [0.15, 0.2) is 0 Å². The quantitative estimate of drug-likeness (QED) is 0.0475. The van der Waals surface area contributed by atoms with Crippen LogP contribution < -0.4 is 0 Å². The predicted octanol–water partition coefficient (Wildman–Crippen LogP) is 4.00. The molecule has 0 aromatic rings. The summed E-state index contributed by atoms with van der Waals surface area (Å²) in [4.78, 5) is 32.1. The molecule has 0 atom stereocenters. The summed E-state index contributed by atoms with van der Waals surface area (Å²) in [6.07, 6.45) is -1.62. The Bertz CT molecular complexity index is 692. The zero-order valence-electron chi connectivity index (χ0n) is 35.0. The third-order valence-corrected chi connectivity index (χ3v) is 7.60. The number of carboxylic acids is 3. The normalized spacial score (nSPS) is 9.45. The third-order valence-electron chi connectivity index (χ3n) is 6.03. The number of hydrogen-bond donors (Lipinski definition) is 9. The summed E-state index contributed by atoms with van der Waals surface area (Å²) >= 11 is 38.4. The average Bonchev–Trinajstić information content (AvgIpc) is 3.15. The van der Waals surface area contributed by atoms with Crippen LogP contribution in [0.4, 0.5) is 0 Å². The molecule has 0 unspecified atom stereocenters. The van der Waals surface area contributed by atoms with Gasteiger partial charge in [0.2, 0.25) is 14.5 Å². The van der Waals surface area contributed by atoms with Gasteiger partial charge in [0.25, 0.3) is 0 Å². The van der Waals surface area contributed by atoms with Crippen molar-refractivity contribution < 1.29 is 129 Å². The van der Waals surface area contributed by atoms with Crippen LogP contribution in [0.25, 0.3) is 0 Å². The zero-order chi connectivity index (χ0) is 46.2. The largest absolute Gasteiger partial charge is 1.00 e. The van der Waals surface area contributed by atoms with Crippen LogP contribution in [-0.2, 0) is 82.7 Å². The number of carbonyl (C=O) groups is 3. The van der Waals surface area contributed by atoms with Crippen molar-refractivity contribution in [3.63, 3.8) is 0 Å². The van der Waals surface area contributed by atoms with Gasteiger partial charge in [-0.05, 0) is 52.4 Å². The number of aliphatic carboxylic acids is 3. The Balaban J connectivity index is -0.0000000436. The molecule has 0 saturated heterocycles. The second-order valence-corrected chi connectivity index (χ2v) is 14.1. The van der Waals surface area contributed by atoms with Gasteiger partial charge in [0, 0.05) is 26.2 Å². The van der Waals surface area contributed by atoms with E-state index in [1.54, 1.807) is 0 Å². The van der Waals surface area contributed by atoms with Crippen molar-refractivity contribution in [3.05, 3.63) is 0 Å². The van der Waals surface area contributed by atoms with Crippen molar-refractivity contribution in [3.8, 4) is 0 Å². The smallest absolute Gasteiger partial charge is 0.479 e. The monoisotopic (exact) mass is 1230 g/mol. The molecular weight excluding hydrogens is 1170 g/mol. The molecule has 28 heteroatoms. The van der Waals surface area contributed by atoms with E-state index in [-0.39, 0.29) is 94.7 Å². The minimum absolute atomic E-state index is 0. The molecule has 9 N–H and O–H groups in total. The van der Waals surface area contributed by atoms with Crippen molar-refractivity contribution in [2.75, 3.05) is 105 Å². The average molecular weight is 1240 g/mol. The van der Waals surface area contributed by atoms with Gasteiger partial charge in [-0.15, -0.1) is 0 Å². The van der Waals surface area contributed by atoms with Crippen LogP contribution >= 0.6 is 92.8 Å². The van der Waals surface area contributed by atoms with Crippen molar-refractivity contribution in [1.82, 2.24) is 19.6 Å². The standard InChI is InChI=1S/4C6H15NO.C2H4Cl2O2.3C2H2Cl2O2.4Cu/c4*1-3-7(4-2)5-6-8;4*3-1(4)2(5)6;;;;/h4*8H,3-6H2,1-2H3;1-2,5-6H;3*1H,(H,5,6);;;;/q;;;;;;;;4*+1. The molecular formula is C32H70Cl8Cu4N4O12+4. The van der Waals surface area contributed by atoms with Crippen LogP contribution in [0.2, 0.25) is 0 Å². The summed E-state index contributed by atoms with van der Waals surface area (Å²) < 4.78 is 0. The molecule has 0 amide bonds. The summed E-state index contributed by atoms with van der Waals surface area (Å²) in [6, 6.07) is 0. The van der Waals surface area contributed by atoms with E-state index in [2.05, 4.69) is 75.0 Å². The van der Waals surface area contributed by atoms with Crippen LogP contribution in [0.1, 0.15) is 55.4 Å². The van der Waals surface area contributed by atoms with Gasteiger partial charge in [-0.25, -0.2) is 14.4 Å². The first-order valence-corrected chi connectivity index (χ1v) is 21.0. The van der Waals surface area contributed by atoms with Gasteiger partial charge in [-0.3, -0.25) is 0 Å². The van der Waals surface area contributed by atoms with Crippen LogP contribution in [0.5, 0.6) is 0 Å². The maximum atomic E-state index is 9.44. The number of aliphatic hydroxyl groups is 6. The third kappa shape index (κ3) is 99.0. The fourth-order valence-corrected chi connectivity index (χ4v) is 2.73. The van der Waals surface area contributed by atoms with E-state index in [1.807, 2.05) is 0 Å². The minimum atomic E-state index is -1.62. The number of likely N-dealkylation sites (N-methyl/N-ethyl adjacent to an activating group) is 4. The molecule has 0 saturated carbocycles. The molecule has 0 bridgehead atoms. The van der Waals surface area contributed by atoms with Gasteiger partial charge in [-0.1, -0.05) is 148 Å². The van der Waals surface area contributed by atoms with Gasteiger partial charge in [0.05, 0.1) is 26.4 Å². The van der Waals surface area contributed by atoms with Crippen molar-refractivity contribution in [2.45, 2.75) is 81.0 Å². The number of aliphatic hydroxyl groups excluding tert-OH is 5. The second-order valence-electron chi connectivity index (χ2n) is 9.67. The topological polar surface area (TPSA) is 246 Å². The van der Waals surface area contributed by atoms with E-state index in [0.29, 0.717) is 0 Å². The Hall–Kier alpha value is 2.41. The molecule has 0 aliphatic carbocycles. The molecule has 0 heterocycles. The molecule has 386 valence electrons. The minimum Gasteiger partial charge on any atom is -0.479 e. The molecule has 0 aliphatic heterocycles. The SMILES string of the molecule is CCN(CC)CCO.CCN(CC)CCO.CCN(CC)CCO.CCN(CC)CCO.O=C(O)C(Cl)Cl.O=C(O)C(Cl)Cl.O=C(O)C(Cl)Cl.OC(O)C(Cl)Cl.[Cu+].[Cu+].[Cu+].[Cu+]. The summed E-state index contributed by atoms with van der Waals surface area (Å²) in [5, 5.41) is 72.9. The van der Waals surface area contributed by atoms with Gasteiger partial charge in [-0.2, -0.15) is 0 Å². The summed E-state index contributed by atoms with van der Waals surface area (Å²) in [5.74, 6) is -3.63. The van der Waals surface area contributed by atoms with Crippen LogP contribution in [0, 0.1) is 0 Å². The van der Waals surface area contributed by atoms with E-state index in [4.69, 9.17) is 139 Å². The molecule has 0 spiro atoms. The molecule has 60 heavy (non-hydrogen) atoms. The molecule has 0 radical (unpaired) electrons. The van der Waals surface area contributed by atoms with Crippen LogP contribution in [0.3, 0.4) is 0 Å². The number of alkyl halides is 8. The molecule has 0 aromatic heterocycles. The Morgan fingerprint density at radius 3 is 0.500 bits per heavy atom. The van der Waals surface area contributed by atoms with Gasteiger partial charge < -0.3 is 65.6 Å². The molecule has 16 nitrogen and oxygen atoms in total. The van der Waals surface area contributed by atoms with Crippen molar-refractivity contribution >= 4 is 111 Å². The molecule has 0 fully saturated rings. The summed E-state index contributed by atoms with van der Waals surface area (Å²) in [7, 11) is 0. The fraction of sp³-hybridized carbons (Fsp3) is 0.906. The summed E-state index contributed by atoms with van der Waals surface area (Å²) in [6.45, 7) is 29.4. The van der Waals surface area contributed by atoms with Gasteiger partial charge in [0.1, 0.15) is 0 Å². The number of nitrogens with zero attached hydrogens (tertiary/aromatic N) is 4.